The molecule has 1 aliphatic rings. The summed E-state index contributed by atoms with van der Waals surface area (Å²) < 4.78 is 0. The first-order chi connectivity index (χ1) is 3.70. The number of rotatable bonds is 0. The van der Waals surface area contributed by atoms with Crippen LogP contribution in [0.25, 0.3) is 0 Å². The predicted molar refractivity (Wildman–Crippen MR) is 30.2 cm³/mol. The van der Waals surface area contributed by atoms with Crippen LogP contribution in [0.4, 0.5) is 0 Å². The summed E-state index contributed by atoms with van der Waals surface area (Å²) in [6.45, 7) is 1.95. The Bertz CT molecular complexity index is 113. The molecule has 3 heteroatoms. The Morgan fingerprint density at radius 1 is 1.88 bits per heavy atom. The van der Waals surface area contributed by atoms with Gasteiger partial charge in [-0.1, -0.05) is 0 Å². The van der Waals surface area contributed by atoms with Gasteiger partial charge in [0.15, 0.2) is 0 Å². The molecule has 0 saturated carbocycles. The standard InChI is InChI=1S/C5H10N2O/c1-3-2-4(6)5(8)7-3/h3-4H,2,6H2,1H3,(H,7,8). The van der Waals surface area contributed by atoms with Crippen LogP contribution in [0.5, 0.6) is 0 Å². The van der Waals surface area contributed by atoms with E-state index < -0.39 is 0 Å². The van der Waals surface area contributed by atoms with Crippen molar-refractivity contribution in [1.29, 1.82) is 0 Å². The molecule has 1 fully saturated rings. The second-order valence-electron chi connectivity index (χ2n) is 2.25. The van der Waals surface area contributed by atoms with Crippen LogP contribution in [0, 0.1) is 0 Å². The van der Waals surface area contributed by atoms with Gasteiger partial charge in [-0.3, -0.25) is 4.79 Å². The molecule has 1 amide bonds. The maximum Gasteiger partial charge on any atom is 0.237 e. The molecule has 0 aromatic carbocycles. The van der Waals surface area contributed by atoms with Crippen LogP contribution in [0.3, 0.4) is 0 Å². The first-order valence-electron chi connectivity index (χ1n) is 2.76. The lowest BCUT2D eigenvalue weighted by Crippen LogP contribution is -2.30. The zero-order valence-corrected chi connectivity index (χ0v) is 4.85. The smallest absolute Gasteiger partial charge is 0.237 e. The molecule has 46 valence electrons. The minimum Gasteiger partial charge on any atom is -0.352 e. The van der Waals surface area contributed by atoms with Crippen LogP contribution < -0.4 is 11.1 Å². The third-order valence-corrected chi connectivity index (χ3v) is 1.33. The molecule has 0 radical (unpaired) electrons. The molecule has 8 heavy (non-hydrogen) atoms. The summed E-state index contributed by atoms with van der Waals surface area (Å²) in [5.74, 6) is -0.0162. The highest BCUT2D eigenvalue weighted by atomic mass is 16.2. The fourth-order valence-electron chi connectivity index (χ4n) is 0.897. The van der Waals surface area contributed by atoms with E-state index in [1.165, 1.54) is 0 Å². The molecule has 1 rings (SSSR count). The zero-order chi connectivity index (χ0) is 6.15. The van der Waals surface area contributed by atoms with E-state index in [-0.39, 0.29) is 18.0 Å². The molecule has 1 heterocycles. The van der Waals surface area contributed by atoms with E-state index in [1.807, 2.05) is 6.92 Å². The molecular formula is C5H10N2O. The Morgan fingerprint density at radius 3 is 2.62 bits per heavy atom. The van der Waals surface area contributed by atoms with Crippen LogP contribution in [0.15, 0.2) is 0 Å². The summed E-state index contributed by atoms with van der Waals surface area (Å²) in [4.78, 5) is 10.5. The molecule has 0 bridgehead atoms. The third-order valence-electron chi connectivity index (χ3n) is 1.33. The van der Waals surface area contributed by atoms with Gasteiger partial charge in [-0.2, -0.15) is 0 Å². The van der Waals surface area contributed by atoms with E-state index in [4.69, 9.17) is 5.73 Å². The topological polar surface area (TPSA) is 55.1 Å². The van der Waals surface area contributed by atoms with E-state index in [2.05, 4.69) is 5.32 Å². The second kappa shape index (κ2) is 1.74. The number of amides is 1. The molecule has 3 nitrogen and oxygen atoms in total. The largest absolute Gasteiger partial charge is 0.352 e. The minimum absolute atomic E-state index is 0.0162. The monoisotopic (exact) mass is 114 g/mol. The number of hydrogen-bond acceptors (Lipinski definition) is 2. The summed E-state index contributed by atoms with van der Waals surface area (Å²) in [7, 11) is 0. The average Bonchev–Trinajstić information content (AvgIpc) is 1.85. The van der Waals surface area contributed by atoms with Crippen LogP contribution in [-0.4, -0.2) is 18.0 Å². The van der Waals surface area contributed by atoms with Gasteiger partial charge in [0.1, 0.15) is 0 Å². The first-order valence-corrected chi connectivity index (χ1v) is 2.76. The number of nitrogens with two attached hydrogens (primary N) is 1. The fourth-order valence-corrected chi connectivity index (χ4v) is 0.897. The van der Waals surface area contributed by atoms with Gasteiger partial charge in [0.2, 0.25) is 5.91 Å². The van der Waals surface area contributed by atoms with E-state index in [9.17, 15) is 4.79 Å². The van der Waals surface area contributed by atoms with Crippen LogP contribution in [0.2, 0.25) is 0 Å². The minimum atomic E-state index is -0.259. The van der Waals surface area contributed by atoms with Gasteiger partial charge in [0.05, 0.1) is 6.04 Å². The van der Waals surface area contributed by atoms with Crippen LogP contribution >= 0.6 is 0 Å². The molecule has 0 aromatic heterocycles. The normalized spacial score (nSPS) is 37.5. The molecular weight excluding hydrogens is 104 g/mol. The van der Waals surface area contributed by atoms with Crippen molar-refractivity contribution < 1.29 is 4.79 Å². The Labute approximate surface area is 48.2 Å². The molecule has 1 saturated heterocycles. The average molecular weight is 114 g/mol. The van der Waals surface area contributed by atoms with Crippen molar-refractivity contribution in [2.75, 3.05) is 0 Å². The second-order valence-corrected chi connectivity index (χ2v) is 2.25. The fraction of sp³-hybridized carbons (Fsp3) is 0.800. The van der Waals surface area contributed by atoms with Gasteiger partial charge in [0.25, 0.3) is 0 Å². The van der Waals surface area contributed by atoms with Crippen molar-refractivity contribution in [3.63, 3.8) is 0 Å². The van der Waals surface area contributed by atoms with Crippen molar-refractivity contribution in [2.24, 2.45) is 5.73 Å². The highest BCUT2D eigenvalue weighted by Crippen LogP contribution is 2.03. The Hall–Kier alpha value is -0.570. The highest BCUT2D eigenvalue weighted by molar-refractivity contribution is 5.83. The lowest BCUT2D eigenvalue weighted by atomic mass is 10.2. The maximum absolute atomic E-state index is 10.5. The van der Waals surface area contributed by atoms with Gasteiger partial charge in [0, 0.05) is 6.04 Å². The summed E-state index contributed by atoms with van der Waals surface area (Å²) in [5, 5.41) is 2.70. The summed E-state index contributed by atoms with van der Waals surface area (Å²) in [6.07, 6.45) is 0.777. The Balaban J connectivity index is 2.51. The Morgan fingerprint density at radius 2 is 2.50 bits per heavy atom. The number of carbonyl (C=O) groups excluding carboxylic acids is 1. The lowest BCUT2D eigenvalue weighted by molar-refractivity contribution is -0.120. The molecule has 2 unspecified atom stereocenters. The zero-order valence-electron chi connectivity index (χ0n) is 4.85. The van der Waals surface area contributed by atoms with E-state index in [0.29, 0.717) is 0 Å². The summed E-state index contributed by atoms with van der Waals surface area (Å²) in [5.41, 5.74) is 5.36. The van der Waals surface area contributed by atoms with E-state index in [0.717, 1.165) is 6.42 Å². The van der Waals surface area contributed by atoms with Crippen LogP contribution in [-0.2, 0) is 4.79 Å². The first kappa shape index (κ1) is 5.56. The van der Waals surface area contributed by atoms with Gasteiger partial charge in [-0.15, -0.1) is 0 Å². The molecule has 3 N–H and O–H groups in total. The van der Waals surface area contributed by atoms with Crippen molar-refractivity contribution in [2.45, 2.75) is 25.4 Å². The number of carbonyl (C=O) groups is 1. The SMILES string of the molecule is CC1CC(N)C(=O)N1. The van der Waals surface area contributed by atoms with Crippen LogP contribution in [0.1, 0.15) is 13.3 Å². The van der Waals surface area contributed by atoms with Gasteiger partial charge in [-0.25, -0.2) is 0 Å². The van der Waals surface area contributed by atoms with Crippen molar-refractivity contribution in [3.8, 4) is 0 Å². The van der Waals surface area contributed by atoms with E-state index in [1.54, 1.807) is 0 Å². The molecule has 0 spiro atoms. The van der Waals surface area contributed by atoms with Crippen molar-refractivity contribution in [1.82, 2.24) is 5.32 Å². The van der Waals surface area contributed by atoms with Crippen molar-refractivity contribution in [3.05, 3.63) is 0 Å². The number of hydrogen-bond donors (Lipinski definition) is 2. The molecule has 1 aliphatic heterocycles. The quantitative estimate of drug-likeness (QED) is 0.434. The predicted octanol–water partition coefficient (Wildman–Crippen LogP) is -0.778. The van der Waals surface area contributed by atoms with Gasteiger partial charge < -0.3 is 11.1 Å². The molecule has 0 aromatic rings. The highest BCUT2D eigenvalue weighted by Gasteiger charge is 2.24. The summed E-state index contributed by atoms with van der Waals surface area (Å²) in [6, 6.07) is 0.0162. The van der Waals surface area contributed by atoms with Crippen molar-refractivity contribution >= 4 is 5.91 Å². The van der Waals surface area contributed by atoms with Gasteiger partial charge in [-0.05, 0) is 13.3 Å². The Kier molecular flexibility index (Phi) is 1.21. The lowest BCUT2D eigenvalue weighted by Gasteiger charge is -1.95. The number of nitrogens with one attached hydrogen (secondary N) is 1. The maximum atomic E-state index is 10.5. The van der Waals surface area contributed by atoms with E-state index >= 15 is 0 Å². The summed E-state index contributed by atoms with van der Waals surface area (Å²) >= 11 is 0. The third kappa shape index (κ3) is 0.816. The molecule has 2 atom stereocenters. The van der Waals surface area contributed by atoms with Gasteiger partial charge >= 0.3 is 0 Å². The molecule has 0 aliphatic carbocycles.